The Kier molecular flexibility index (Phi) is 7.13. The van der Waals surface area contributed by atoms with E-state index in [9.17, 15) is 4.79 Å². The number of rotatable bonds is 9. The van der Waals surface area contributed by atoms with E-state index in [0.29, 0.717) is 31.0 Å². The predicted octanol–water partition coefficient (Wildman–Crippen LogP) is 4.86. The minimum Gasteiger partial charge on any atom is -0.376 e. The summed E-state index contributed by atoms with van der Waals surface area (Å²) in [4.78, 5) is 20.3. The first-order valence-electron chi connectivity index (χ1n) is 13.0. The van der Waals surface area contributed by atoms with Crippen molar-refractivity contribution >= 4 is 22.2 Å². The van der Waals surface area contributed by atoms with Crippen LogP contribution in [0.1, 0.15) is 46.3 Å². The number of ether oxygens (including phenoxy) is 1. The second-order valence-corrected chi connectivity index (χ2v) is 10.9. The molecule has 0 unspecified atom stereocenters. The van der Waals surface area contributed by atoms with Crippen LogP contribution >= 0.6 is 11.3 Å². The molecule has 1 fully saturated rings. The first-order valence-corrected chi connectivity index (χ1v) is 13.8. The van der Waals surface area contributed by atoms with E-state index >= 15 is 0 Å². The van der Waals surface area contributed by atoms with Crippen LogP contribution in [-0.4, -0.2) is 42.8 Å². The Hall–Kier alpha value is -3.66. The van der Waals surface area contributed by atoms with E-state index in [1.54, 1.807) is 11.3 Å². The SMILES string of the molecule is Cc1ccc2cc([C@@H](c3nnnn3C[C@H]3CCCO3)N(Cc3ccccc3)Cc3cccs3)c(=O)[nH]c2c1. The Balaban J connectivity index is 1.50. The normalized spacial score (nSPS) is 16.4. The molecule has 9 heteroatoms. The van der Waals surface area contributed by atoms with E-state index in [4.69, 9.17) is 4.74 Å². The molecular weight excluding hydrogens is 496 g/mol. The lowest BCUT2D eigenvalue weighted by Gasteiger charge is -2.31. The molecule has 5 aromatic rings. The highest BCUT2D eigenvalue weighted by Gasteiger charge is 2.32. The molecule has 0 saturated carbocycles. The highest BCUT2D eigenvalue weighted by Crippen LogP contribution is 2.31. The first-order chi connectivity index (χ1) is 18.6. The summed E-state index contributed by atoms with van der Waals surface area (Å²) in [7, 11) is 0. The van der Waals surface area contributed by atoms with Crippen LogP contribution in [0.15, 0.2) is 76.9 Å². The smallest absolute Gasteiger partial charge is 0.253 e. The first kappa shape index (κ1) is 24.7. The number of benzene rings is 2. The highest BCUT2D eigenvalue weighted by molar-refractivity contribution is 7.09. The molecule has 0 spiro atoms. The van der Waals surface area contributed by atoms with Crippen LogP contribution in [0, 0.1) is 6.92 Å². The second kappa shape index (κ2) is 11.0. The number of nitrogens with zero attached hydrogens (tertiary/aromatic N) is 5. The quantitative estimate of drug-likeness (QED) is 0.295. The molecule has 1 aliphatic heterocycles. The van der Waals surface area contributed by atoms with Crippen LogP contribution in [0.25, 0.3) is 10.9 Å². The maximum atomic E-state index is 13.7. The summed E-state index contributed by atoms with van der Waals surface area (Å²) in [5.41, 5.74) is 3.56. The van der Waals surface area contributed by atoms with Crippen molar-refractivity contribution in [1.29, 1.82) is 0 Å². The summed E-state index contributed by atoms with van der Waals surface area (Å²) in [5.74, 6) is 0.643. The molecule has 1 N–H and O–H groups in total. The van der Waals surface area contributed by atoms with Crippen molar-refractivity contribution in [2.24, 2.45) is 0 Å². The van der Waals surface area contributed by atoms with Crippen molar-refractivity contribution in [2.45, 2.75) is 51.5 Å². The van der Waals surface area contributed by atoms with Crippen LogP contribution < -0.4 is 5.56 Å². The molecule has 0 amide bonds. The molecule has 1 aliphatic rings. The molecule has 0 bridgehead atoms. The summed E-state index contributed by atoms with van der Waals surface area (Å²) in [6.45, 7) is 4.61. The summed E-state index contributed by atoms with van der Waals surface area (Å²) < 4.78 is 7.73. The fourth-order valence-electron chi connectivity index (χ4n) is 5.21. The highest BCUT2D eigenvalue weighted by atomic mass is 32.1. The van der Waals surface area contributed by atoms with E-state index in [1.165, 1.54) is 4.88 Å². The van der Waals surface area contributed by atoms with Gasteiger partial charge in [-0.15, -0.1) is 16.4 Å². The zero-order valence-electron chi connectivity index (χ0n) is 21.3. The molecule has 8 nitrogen and oxygen atoms in total. The number of tetrazole rings is 1. The van der Waals surface area contributed by atoms with Gasteiger partial charge in [0.1, 0.15) is 6.04 Å². The number of aromatic nitrogens is 5. The Labute approximate surface area is 224 Å². The third-order valence-corrected chi connectivity index (χ3v) is 7.92. The van der Waals surface area contributed by atoms with E-state index < -0.39 is 6.04 Å². The minimum absolute atomic E-state index is 0.0654. The van der Waals surface area contributed by atoms with Crippen molar-refractivity contribution in [3.63, 3.8) is 0 Å². The van der Waals surface area contributed by atoms with Gasteiger partial charge in [-0.2, -0.15) is 0 Å². The lowest BCUT2D eigenvalue weighted by molar-refractivity contribution is 0.0904. The number of nitrogens with one attached hydrogen (secondary N) is 1. The van der Waals surface area contributed by atoms with Gasteiger partial charge in [0.05, 0.1) is 12.6 Å². The van der Waals surface area contributed by atoms with Gasteiger partial charge in [0.2, 0.25) is 0 Å². The van der Waals surface area contributed by atoms with Gasteiger partial charge in [-0.25, -0.2) is 4.68 Å². The van der Waals surface area contributed by atoms with E-state index in [-0.39, 0.29) is 11.7 Å². The monoisotopic (exact) mass is 526 g/mol. The number of aryl methyl sites for hydroxylation is 1. The molecule has 2 aromatic carbocycles. The number of aromatic amines is 1. The van der Waals surface area contributed by atoms with Gasteiger partial charge in [-0.3, -0.25) is 9.69 Å². The molecule has 6 rings (SSSR count). The third-order valence-electron chi connectivity index (χ3n) is 7.06. The van der Waals surface area contributed by atoms with Crippen molar-refractivity contribution in [3.8, 4) is 0 Å². The van der Waals surface area contributed by atoms with Crippen molar-refractivity contribution < 1.29 is 4.74 Å². The summed E-state index contributed by atoms with van der Waals surface area (Å²) in [6, 6.07) is 22.2. The summed E-state index contributed by atoms with van der Waals surface area (Å²) in [6.07, 6.45) is 2.08. The van der Waals surface area contributed by atoms with Gasteiger partial charge < -0.3 is 9.72 Å². The van der Waals surface area contributed by atoms with Gasteiger partial charge in [-0.05, 0) is 70.3 Å². The zero-order chi connectivity index (χ0) is 25.9. The Morgan fingerprint density at radius 2 is 2.03 bits per heavy atom. The standard InChI is InChI=1S/C29H30N6O2S/c1-20-11-12-22-16-25(29(36)30-26(22)15-20)27(28-31-32-33-35(28)18-23-9-5-13-37-23)34(19-24-10-6-14-38-24)17-21-7-3-2-4-8-21/h2-4,6-8,10-12,14-16,23,27H,5,9,13,17-19H2,1H3,(H,30,36)/t23-,27+/m1/s1. The maximum Gasteiger partial charge on any atom is 0.253 e. The summed E-state index contributed by atoms with van der Waals surface area (Å²) >= 11 is 1.70. The van der Waals surface area contributed by atoms with Crippen molar-refractivity contribution in [2.75, 3.05) is 6.61 Å². The molecule has 2 atom stereocenters. The molecule has 3 aromatic heterocycles. The van der Waals surface area contributed by atoms with Crippen LogP contribution in [0.3, 0.4) is 0 Å². The zero-order valence-corrected chi connectivity index (χ0v) is 22.1. The molecule has 0 radical (unpaired) electrons. The third kappa shape index (κ3) is 5.31. The van der Waals surface area contributed by atoms with Gasteiger partial charge in [-0.1, -0.05) is 48.5 Å². The molecule has 38 heavy (non-hydrogen) atoms. The van der Waals surface area contributed by atoms with E-state index in [2.05, 4.69) is 67.2 Å². The van der Waals surface area contributed by atoms with Crippen LogP contribution in [0.4, 0.5) is 0 Å². The van der Waals surface area contributed by atoms with Gasteiger partial charge in [0.25, 0.3) is 5.56 Å². The number of H-pyrrole nitrogens is 1. The number of fused-ring (bicyclic) bond motifs is 1. The lowest BCUT2D eigenvalue weighted by Crippen LogP contribution is -2.35. The van der Waals surface area contributed by atoms with Gasteiger partial charge in [0.15, 0.2) is 5.82 Å². The number of hydrogen-bond donors (Lipinski definition) is 1. The van der Waals surface area contributed by atoms with Crippen molar-refractivity contribution in [1.82, 2.24) is 30.1 Å². The molecule has 0 aliphatic carbocycles. The average Bonchev–Trinajstić information content (AvgIpc) is 3.70. The molecular formula is C29H30N6O2S. The van der Waals surface area contributed by atoms with E-state index in [1.807, 2.05) is 41.9 Å². The largest absolute Gasteiger partial charge is 0.376 e. The second-order valence-electron chi connectivity index (χ2n) is 9.87. The maximum absolute atomic E-state index is 13.7. The fraction of sp³-hybridized carbons (Fsp3) is 0.310. The molecule has 1 saturated heterocycles. The Bertz CT molecular complexity index is 1560. The van der Waals surface area contributed by atoms with Crippen LogP contribution in [0.2, 0.25) is 0 Å². The molecule has 4 heterocycles. The fourth-order valence-corrected chi connectivity index (χ4v) is 5.94. The topological polar surface area (TPSA) is 88.9 Å². The van der Waals surface area contributed by atoms with E-state index in [0.717, 1.165) is 41.5 Å². The lowest BCUT2D eigenvalue weighted by atomic mass is 10.0. The predicted molar refractivity (Wildman–Crippen MR) is 148 cm³/mol. The Morgan fingerprint density at radius 3 is 2.82 bits per heavy atom. The average molecular weight is 527 g/mol. The minimum atomic E-state index is -0.469. The van der Waals surface area contributed by atoms with Gasteiger partial charge >= 0.3 is 0 Å². The molecule has 194 valence electrons. The number of thiophene rings is 1. The number of hydrogen-bond acceptors (Lipinski definition) is 7. The Morgan fingerprint density at radius 1 is 1.13 bits per heavy atom. The van der Waals surface area contributed by atoms with Crippen molar-refractivity contribution in [3.05, 3.63) is 110 Å². The van der Waals surface area contributed by atoms with Gasteiger partial charge in [0, 0.05) is 35.7 Å². The number of pyridine rings is 1. The van der Waals surface area contributed by atoms with Crippen LogP contribution in [-0.2, 0) is 24.4 Å². The van der Waals surface area contributed by atoms with Crippen LogP contribution in [0.5, 0.6) is 0 Å². The summed E-state index contributed by atoms with van der Waals surface area (Å²) in [5, 5.41) is 16.0.